The first kappa shape index (κ1) is 21.8. The summed E-state index contributed by atoms with van der Waals surface area (Å²) in [5.41, 5.74) is 1.17. The van der Waals surface area contributed by atoms with Gasteiger partial charge in [0.15, 0.2) is 5.96 Å². The summed E-state index contributed by atoms with van der Waals surface area (Å²) in [6, 6.07) is 8.21. The summed E-state index contributed by atoms with van der Waals surface area (Å²) in [6.07, 6.45) is 1.02. The molecule has 6 nitrogen and oxygen atoms in total. The Morgan fingerprint density at radius 2 is 2.04 bits per heavy atom. The van der Waals surface area contributed by atoms with E-state index in [2.05, 4.69) is 20.5 Å². The van der Waals surface area contributed by atoms with Crippen molar-refractivity contribution in [2.75, 3.05) is 45.2 Å². The zero-order chi connectivity index (χ0) is 17.5. The van der Waals surface area contributed by atoms with Crippen LogP contribution in [0.25, 0.3) is 0 Å². The molecule has 1 unspecified atom stereocenters. The van der Waals surface area contributed by atoms with Crippen LogP contribution in [0.1, 0.15) is 13.3 Å². The number of hydrogen-bond donors (Lipinski definition) is 2. The van der Waals surface area contributed by atoms with Gasteiger partial charge in [0.1, 0.15) is 6.54 Å². The number of halogens is 2. The molecule has 2 rings (SSSR count). The first-order chi connectivity index (χ1) is 11.5. The molecule has 0 bridgehead atoms. The number of aliphatic imine (C=N–C) groups is 1. The molecule has 25 heavy (non-hydrogen) atoms. The molecule has 0 aliphatic carbocycles. The summed E-state index contributed by atoms with van der Waals surface area (Å²) in [6.45, 7) is 4.80. The van der Waals surface area contributed by atoms with E-state index in [1.54, 1.807) is 19.0 Å². The number of likely N-dealkylation sites (N-methyl/N-ethyl adjacent to an activating group) is 1. The third-order valence-corrected chi connectivity index (χ3v) is 4.19. The minimum Gasteiger partial charge on any atom is -0.369 e. The van der Waals surface area contributed by atoms with Crippen molar-refractivity contribution in [3.8, 4) is 0 Å². The summed E-state index contributed by atoms with van der Waals surface area (Å²) in [4.78, 5) is 19.9. The first-order valence-electron chi connectivity index (χ1n) is 8.25. The maximum atomic E-state index is 11.7. The topological polar surface area (TPSA) is 60.0 Å². The van der Waals surface area contributed by atoms with Crippen LogP contribution in [0, 0.1) is 0 Å². The normalized spacial score (nSPS) is 17.0. The fourth-order valence-electron chi connectivity index (χ4n) is 2.57. The van der Waals surface area contributed by atoms with E-state index in [4.69, 9.17) is 11.6 Å². The number of guanidine groups is 1. The Morgan fingerprint density at radius 3 is 2.64 bits per heavy atom. The van der Waals surface area contributed by atoms with Gasteiger partial charge >= 0.3 is 0 Å². The van der Waals surface area contributed by atoms with Gasteiger partial charge in [-0.05, 0) is 37.6 Å². The molecule has 8 heteroatoms. The van der Waals surface area contributed by atoms with E-state index in [1.165, 1.54) is 5.69 Å². The van der Waals surface area contributed by atoms with Gasteiger partial charge in [0.05, 0.1) is 0 Å². The van der Waals surface area contributed by atoms with Gasteiger partial charge in [-0.2, -0.15) is 0 Å². The molecule has 0 spiro atoms. The standard InChI is InChI=1S/C17H26ClN5O.HI/c1-4-19-17(20-11-16(24)22(2)3)21-14-9-10-23(12-14)15-7-5-13(18)6-8-15;/h5-8,14H,4,9-12H2,1-3H3,(H2,19,20,21);1H. The van der Waals surface area contributed by atoms with Gasteiger partial charge in [-0.1, -0.05) is 11.6 Å². The summed E-state index contributed by atoms with van der Waals surface area (Å²) < 4.78 is 0. The number of nitrogens with zero attached hydrogens (tertiary/aromatic N) is 3. The SMILES string of the molecule is CCNC(=NCC(=O)N(C)C)NC1CCN(c2ccc(Cl)cc2)C1.I. The van der Waals surface area contributed by atoms with Crippen LogP contribution in [0.15, 0.2) is 29.3 Å². The Bertz CT molecular complexity index is 579. The number of carbonyl (C=O) groups excluding carboxylic acids is 1. The smallest absolute Gasteiger partial charge is 0.243 e. The molecular formula is C17H27ClIN5O. The van der Waals surface area contributed by atoms with E-state index >= 15 is 0 Å². The van der Waals surface area contributed by atoms with Gasteiger partial charge in [0.25, 0.3) is 0 Å². The second kappa shape index (κ2) is 10.7. The quantitative estimate of drug-likeness (QED) is 0.386. The second-order valence-electron chi connectivity index (χ2n) is 6.04. The average molecular weight is 480 g/mol. The molecule has 1 aliphatic heterocycles. The van der Waals surface area contributed by atoms with Crippen molar-refractivity contribution in [2.45, 2.75) is 19.4 Å². The van der Waals surface area contributed by atoms with Crippen molar-refractivity contribution in [3.63, 3.8) is 0 Å². The van der Waals surface area contributed by atoms with Gasteiger partial charge in [-0.25, -0.2) is 4.99 Å². The van der Waals surface area contributed by atoms with Crippen LogP contribution in [0.3, 0.4) is 0 Å². The van der Waals surface area contributed by atoms with E-state index in [1.807, 2.05) is 31.2 Å². The third-order valence-electron chi connectivity index (χ3n) is 3.94. The van der Waals surface area contributed by atoms with Crippen molar-refractivity contribution in [1.29, 1.82) is 0 Å². The maximum Gasteiger partial charge on any atom is 0.243 e. The summed E-state index contributed by atoms with van der Waals surface area (Å²) in [7, 11) is 3.47. The van der Waals surface area contributed by atoms with E-state index in [0.29, 0.717) is 12.0 Å². The van der Waals surface area contributed by atoms with Crippen molar-refractivity contribution in [2.24, 2.45) is 4.99 Å². The van der Waals surface area contributed by atoms with Crippen LogP contribution in [0.2, 0.25) is 5.02 Å². The Hall–Kier alpha value is -1.22. The molecule has 1 saturated heterocycles. The predicted molar refractivity (Wildman–Crippen MR) is 115 cm³/mol. The minimum absolute atomic E-state index is 0. The molecule has 1 aromatic rings. The van der Waals surface area contributed by atoms with Gasteiger partial charge in [0.2, 0.25) is 5.91 Å². The number of amides is 1. The van der Waals surface area contributed by atoms with E-state index in [9.17, 15) is 4.79 Å². The highest BCUT2D eigenvalue weighted by atomic mass is 127. The summed E-state index contributed by atoms with van der Waals surface area (Å²) in [5, 5.41) is 7.37. The monoisotopic (exact) mass is 479 g/mol. The van der Waals surface area contributed by atoms with E-state index in [-0.39, 0.29) is 36.4 Å². The highest BCUT2D eigenvalue weighted by Crippen LogP contribution is 2.22. The molecular weight excluding hydrogens is 453 g/mol. The van der Waals surface area contributed by atoms with Crippen molar-refractivity contribution in [3.05, 3.63) is 29.3 Å². The van der Waals surface area contributed by atoms with Crippen molar-refractivity contribution >= 4 is 53.1 Å². The molecule has 1 aromatic carbocycles. The molecule has 0 radical (unpaired) electrons. The molecule has 140 valence electrons. The molecule has 1 amide bonds. The minimum atomic E-state index is -0.0126. The predicted octanol–water partition coefficient (Wildman–Crippen LogP) is 2.18. The van der Waals surface area contributed by atoms with Crippen LogP contribution in [-0.2, 0) is 4.79 Å². The Kier molecular flexibility index (Phi) is 9.34. The van der Waals surface area contributed by atoms with Crippen LogP contribution in [0.5, 0.6) is 0 Å². The first-order valence-corrected chi connectivity index (χ1v) is 8.63. The van der Waals surface area contributed by atoms with Crippen LogP contribution >= 0.6 is 35.6 Å². The molecule has 1 fully saturated rings. The zero-order valence-corrected chi connectivity index (χ0v) is 18.0. The fraction of sp³-hybridized carbons (Fsp3) is 0.529. The lowest BCUT2D eigenvalue weighted by atomic mass is 10.3. The van der Waals surface area contributed by atoms with Gasteiger partial charge in [-0.3, -0.25) is 4.79 Å². The van der Waals surface area contributed by atoms with Gasteiger partial charge in [0, 0.05) is 50.5 Å². The molecule has 1 aliphatic rings. The maximum absolute atomic E-state index is 11.7. The number of rotatable bonds is 5. The Morgan fingerprint density at radius 1 is 1.36 bits per heavy atom. The molecule has 0 aromatic heterocycles. The van der Waals surface area contributed by atoms with Crippen LogP contribution in [0.4, 0.5) is 5.69 Å². The molecule has 1 atom stereocenters. The largest absolute Gasteiger partial charge is 0.369 e. The number of benzene rings is 1. The number of carbonyl (C=O) groups is 1. The van der Waals surface area contributed by atoms with E-state index in [0.717, 1.165) is 31.1 Å². The lowest BCUT2D eigenvalue weighted by molar-refractivity contribution is -0.127. The number of anilines is 1. The van der Waals surface area contributed by atoms with E-state index < -0.39 is 0 Å². The van der Waals surface area contributed by atoms with Gasteiger partial charge in [-0.15, -0.1) is 24.0 Å². The highest BCUT2D eigenvalue weighted by Gasteiger charge is 2.23. The third kappa shape index (κ3) is 6.89. The highest BCUT2D eigenvalue weighted by molar-refractivity contribution is 14.0. The number of nitrogens with one attached hydrogen (secondary N) is 2. The Balaban J connectivity index is 0.00000312. The lowest BCUT2D eigenvalue weighted by Crippen LogP contribution is -2.45. The molecule has 1 heterocycles. The lowest BCUT2D eigenvalue weighted by Gasteiger charge is -2.20. The zero-order valence-electron chi connectivity index (χ0n) is 15.0. The summed E-state index contributed by atoms with van der Waals surface area (Å²) in [5.74, 6) is 0.678. The van der Waals surface area contributed by atoms with Crippen molar-refractivity contribution in [1.82, 2.24) is 15.5 Å². The molecule has 2 N–H and O–H groups in total. The average Bonchev–Trinajstić information content (AvgIpc) is 3.01. The Labute approximate surface area is 172 Å². The number of hydrogen-bond acceptors (Lipinski definition) is 3. The van der Waals surface area contributed by atoms with Crippen molar-refractivity contribution < 1.29 is 4.79 Å². The summed E-state index contributed by atoms with van der Waals surface area (Å²) >= 11 is 5.95. The molecule has 0 saturated carbocycles. The van der Waals surface area contributed by atoms with Gasteiger partial charge < -0.3 is 20.4 Å². The van der Waals surface area contributed by atoms with Crippen LogP contribution < -0.4 is 15.5 Å². The fourth-order valence-corrected chi connectivity index (χ4v) is 2.69. The second-order valence-corrected chi connectivity index (χ2v) is 6.47. The van der Waals surface area contributed by atoms with Crippen LogP contribution in [-0.4, -0.2) is 63.1 Å².